The van der Waals surface area contributed by atoms with E-state index in [1.165, 1.54) is 24.3 Å². The number of carboxylic acid groups (broad SMARTS) is 1. The smallest absolute Gasteiger partial charge is 0.335 e. The van der Waals surface area contributed by atoms with E-state index < -0.39 is 12.0 Å². The summed E-state index contributed by atoms with van der Waals surface area (Å²) in [7, 11) is 0. The summed E-state index contributed by atoms with van der Waals surface area (Å²) in [5.74, 6) is -1.39. The maximum Gasteiger partial charge on any atom is 0.335 e. The number of urea groups is 1. The van der Waals surface area contributed by atoms with Gasteiger partial charge in [0.15, 0.2) is 5.69 Å². The average molecular weight is 517 g/mol. The fourth-order valence-corrected chi connectivity index (χ4v) is 3.85. The molecule has 0 aliphatic carbocycles. The summed E-state index contributed by atoms with van der Waals surface area (Å²) in [6, 6.07) is 19.6. The van der Waals surface area contributed by atoms with E-state index in [2.05, 4.69) is 21.0 Å². The van der Waals surface area contributed by atoms with E-state index in [1.807, 2.05) is 24.3 Å². The van der Waals surface area contributed by atoms with Gasteiger partial charge in [0.25, 0.3) is 5.91 Å². The number of nitriles is 1. The van der Waals surface area contributed by atoms with E-state index in [0.29, 0.717) is 23.2 Å². The Kier molecular flexibility index (Phi) is 7.66. The van der Waals surface area contributed by atoms with Crippen molar-refractivity contribution >= 4 is 46.1 Å². The van der Waals surface area contributed by atoms with Gasteiger partial charge >= 0.3 is 12.0 Å². The molecule has 3 amide bonds. The monoisotopic (exact) mass is 516 g/mol. The summed E-state index contributed by atoms with van der Waals surface area (Å²) in [5.41, 5.74) is 2.66. The molecule has 4 rings (SSSR count). The standard InChI is InChI=1S/C26H21ClN6O4/c27-21-13-19(10-9-18(21)14-28)31-26(37)29-11-12-33-22-4-2-1-3-20(22)23(32-33)24(34)30-15-16-5-7-17(8-6-16)25(35)36/h1-10,13H,11-12,15H2,(H,30,34)(H,35,36)(H2,29,31,37). The highest BCUT2D eigenvalue weighted by atomic mass is 35.5. The Balaban J connectivity index is 1.38. The Hall–Kier alpha value is -4.88. The van der Waals surface area contributed by atoms with Crippen LogP contribution in [0.2, 0.25) is 5.02 Å². The van der Waals surface area contributed by atoms with Gasteiger partial charge in [0.05, 0.1) is 28.2 Å². The number of fused-ring (bicyclic) bond motifs is 1. The average Bonchev–Trinajstić information content (AvgIpc) is 3.26. The molecule has 0 unspecified atom stereocenters. The summed E-state index contributed by atoms with van der Waals surface area (Å²) in [6.45, 7) is 0.755. The second-order valence-electron chi connectivity index (χ2n) is 7.96. The van der Waals surface area contributed by atoms with Gasteiger partial charge in [-0.3, -0.25) is 9.48 Å². The number of rotatable bonds is 8. The van der Waals surface area contributed by atoms with Gasteiger partial charge in [0, 0.05) is 24.2 Å². The van der Waals surface area contributed by atoms with Gasteiger partial charge in [-0.25, -0.2) is 9.59 Å². The first-order valence-electron chi connectivity index (χ1n) is 11.2. The van der Waals surface area contributed by atoms with E-state index in [1.54, 1.807) is 28.9 Å². The van der Waals surface area contributed by atoms with Crippen molar-refractivity contribution in [2.24, 2.45) is 0 Å². The highest BCUT2D eigenvalue weighted by Gasteiger charge is 2.17. The predicted octanol–water partition coefficient (Wildman–Crippen LogP) is 4.01. The molecular formula is C26H21ClN6O4. The number of aromatic nitrogens is 2. The fourth-order valence-electron chi connectivity index (χ4n) is 3.63. The lowest BCUT2D eigenvalue weighted by atomic mass is 10.1. The van der Waals surface area contributed by atoms with Crippen LogP contribution in [0.3, 0.4) is 0 Å². The van der Waals surface area contributed by atoms with Crippen molar-refractivity contribution in [3.63, 3.8) is 0 Å². The highest BCUT2D eigenvalue weighted by molar-refractivity contribution is 6.32. The zero-order valence-electron chi connectivity index (χ0n) is 19.4. The Labute approximate surface area is 216 Å². The molecule has 0 bridgehead atoms. The number of benzene rings is 3. The van der Waals surface area contributed by atoms with Crippen LogP contribution in [0.15, 0.2) is 66.7 Å². The number of aromatic carboxylic acids is 1. The second kappa shape index (κ2) is 11.2. The molecule has 0 atom stereocenters. The molecule has 3 aromatic carbocycles. The molecule has 4 N–H and O–H groups in total. The number of hydrogen-bond donors (Lipinski definition) is 4. The Morgan fingerprint density at radius 1 is 1.03 bits per heavy atom. The van der Waals surface area contributed by atoms with Gasteiger partial charge in [-0.2, -0.15) is 10.4 Å². The molecule has 0 spiro atoms. The molecular weight excluding hydrogens is 496 g/mol. The molecule has 0 radical (unpaired) electrons. The van der Waals surface area contributed by atoms with E-state index in [9.17, 15) is 14.4 Å². The zero-order valence-corrected chi connectivity index (χ0v) is 20.1. The minimum atomic E-state index is -1.02. The van der Waals surface area contributed by atoms with Gasteiger partial charge < -0.3 is 21.1 Å². The molecule has 0 saturated heterocycles. The molecule has 4 aromatic rings. The maximum absolute atomic E-state index is 12.9. The van der Waals surface area contributed by atoms with E-state index in [0.717, 1.165) is 11.1 Å². The number of para-hydroxylation sites is 1. The summed E-state index contributed by atoms with van der Waals surface area (Å²) in [4.78, 5) is 36.2. The number of carbonyl (C=O) groups excluding carboxylic acids is 2. The van der Waals surface area contributed by atoms with Crippen LogP contribution in [-0.2, 0) is 13.1 Å². The quantitative estimate of drug-likeness (QED) is 0.278. The van der Waals surface area contributed by atoms with Crippen molar-refractivity contribution in [2.75, 3.05) is 11.9 Å². The van der Waals surface area contributed by atoms with Crippen molar-refractivity contribution in [1.29, 1.82) is 5.26 Å². The normalized spacial score (nSPS) is 10.5. The number of amides is 3. The van der Waals surface area contributed by atoms with E-state index >= 15 is 0 Å². The molecule has 1 aromatic heterocycles. The molecule has 0 aliphatic heterocycles. The van der Waals surface area contributed by atoms with Gasteiger partial charge in [0.2, 0.25) is 0 Å². The third kappa shape index (κ3) is 6.04. The lowest BCUT2D eigenvalue weighted by Gasteiger charge is -2.09. The SMILES string of the molecule is N#Cc1ccc(NC(=O)NCCn2nc(C(=O)NCc3ccc(C(=O)O)cc3)c3ccccc32)cc1Cl. The third-order valence-corrected chi connectivity index (χ3v) is 5.80. The Morgan fingerprint density at radius 3 is 2.49 bits per heavy atom. The van der Waals surface area contributed by atoms with Crippen LogP contribution < -0.4 is 16.0 Å². The minimum Gasteiger partial charge on any atom is -0.478 e. The van der Waals surface area contributed by atoms with Gasteiger partial charge in [0.1, 0.15) is 6.07 Å². The molecule has 11 heteroatoms. The van der Waals surface area contributed by atoms with Crippen LogP contribution in [0.4, 0.5) is 10.5 Å². The van der Waals surface area contributed by atoms with Gasteiger partial charge in [-0.1, -0.05) is 41.9 Å². The summed E-state index contributed by atoms with van der Waals surface area (Å²) in [6.07, 6.45) is 0. The first kappa shape index (κ1) is 25.2. The second-order valence-corrected chi connectivity index (χ2v) is 8.37. The van der Waals surface area contributed by atoms with Gasteiger partial charge in [-0.05, 0) is 42.0 Å². The zero-order chi connectivity index (χ0) is 26.4. The molecule has 186 valence electrons. The number of hydrogen-bond acceptors (Lipinski definition) is 5. The van der Waals surface area contributed by atoms with Crippen LogP contribution in [0.25, 0.3) is 10.9 Å². The number of nitrogens with zero attached hydrogens (tertiary/aromatic N) is 3. The number of anilines is 1. The fraction of sp³-hybridized carbons (Fsp3) is 0.115. The van der Waals surface area contributed by atoms with Crippen LogP contribution in [0.1, 0.15) is 32.0 Å². The Bertz CT molecular complexity index is 1520. The third-order valence-electron chi connectivity index (χ3n) is 5.48. The van der Waals surface area contributed by atoms with E-state index in [4.69, 9.17) is 22.0 Å². The molecule has 1 heterocycles. The summed E-state index contributed by atoms with van der Waals surface area (Å²) < 4.78 is 1.64. The lowest BCUT2D eigenvalue weighted by molar-refractivity contribution is 0.0696. The van der Waals surface area contributed by atoms with E-state index in [-0.39, 0.29) is 35.3 Å². The largest absolute Gasteiger partial charge is 0.478 e. The molecule has 37 heavy (non-hydrogen) atoms. The van der Waals surface area contributed by atoms with Crippen molar-refractivity contribution in [1.82, 2.24) is 20.4 Å². The number of halogens is 1. The van der Waals surface area contributed by atoms with Crippen molar-refractivity contribution in [3.05, 3.63) is 94.1 Å². The number of nitrogens with one attached hydrogen (secondary N) is 3. The highest BCUT2D eigenvalue weighted by Crippen LogP contribution is 2.20. The molecule has 0 saturated carbocycles. The van der Waals surface area contributed by atoms with Crippen LogP contribution in [0, 0.1) is 11.3 Å². The van der Waals surface area contributed by atoms with Gasteiger partial charge in [-0.15, -0.1) is 0 Å². The summed E-state index contributed by atoms with van der Waals surface area (Å²) in [5, 5.41) is 31.5. The summed E-state index contributed by atoms with van der Waals surface area (Å²) >= 11 is 6.00. The first-order valence-corrected chi connectivity index (χ1v) is 11.5. The van der Waals surface area contributed by atoms with Crippen molar-refractivity contribution < 1.29 is 19.5 Å². The van der Waals surface area contributed by atoms with Crippen molar-refractivity contribution in [3.8, 4) is 6.07 Å². The van der Waals surface area contributed by atoms with Crippen LogP contribution >= 0.6 is 11.6 Å². The number of carboxylic acids is 1. The van der Waals surface area contributed by atoms with Crippen LogP contribution in [0.5, 0.6) is 0 Å². The van der Waals surface area contributed by atoms with Crippen molar-refractivity contribution in [2.45, 2.75) is 13.1 Å². The molecule has 0 aliphatic rings. The van der Waals surface area contributed by atoms with Crippen LogP contribution in [-0.4, -0.2) is 39.3 Å². The topological polar surface area (TPSA) is 149 Å². The number of carbonyl (C=O) groups is 3. The maximum atomic E-state index is 12.9. The predicted molar refractivity (Wildman–Crippen MR) is 137 cm³/mol. The molecule has 0 fully saturated rings. The minimum absolute atomic E-state index is 0.169. The Morgan fingerprint density at radius 2 is 1.78 bits per heavy atom. The lowest BCUT2D eigenvalue weighted by Crippen LogP contribution is -2.31. The first-order chi connectivity index (χ1) is 17.9. The molecule has 10 nitrogen and oxygen atoms in total.